The summed E-state index contributed by atoms with van der Waals surface area (Å²) in [7, 11) is 0. The van der Waals surface area contributed by atoms with Gasteiger partial charge in [0.25, 0.3) is 0 Å². The van der Waals surface area contributed by atoms with Gasteiger partial charge in [0.1, 0.15) is 4.60 Å². The zero-order valence-corrected chi connectivity index (χ0v) is 6.72. The summed E-state index contributed by atoms with van der Waals surface area (Å²) in [6.45, 7) is 2.09. The first-order chi connectivity index (χ1) is 4.33. The van der Waals surface area contributed by atoms with E-state index in [1.807, 2.05) is 6.07 Å². The molecule has 9 heavy (non-hydrogen) atoms. The minimum absolute atomic E-state index is 0.807. The minimum Gasteiger partial charge on any atom is -0.158 e. The first kappa shape index (κ1) is 6.68. The second-order valence-electron chi connectivity index (χ2n) is 1.74. The van der Waals surface area contributed by atoms with Crippen LogP contribution in [0.2, 0.25) is 0 Å². The molecule has 1 heterocycles. The van der Waals surface area contributed by atoms with Crippen LogP contribution in [0.5, 0.6) is 0 Å². The van der Waals surface area contributed by atoms with Crippen molar-refractivity contribution in [3.05, 3.63) is 22.4 Å². The van der Waals surface area contributed by atoms with Crippen LogP contribution in [0.3, 0.4) is 0 Å². The molecule has 48 valence electrons. The number of rotatable bonds is 1. The maximum absolute atomic E-state index is 3.76. The van der Waals surface area contributed by atoms with Gasteiger partial charge in [-0.1, -0.05) is 6.92 Å². The standard InChI is InChI=1S/C6H7BrN2/c1-2-5-3-6(7)9-8-4-5/h3-4H,2H2,1H3. The lowest BCUT2D eigenvalue weighted by atomic mass is 10.2. The van der Waals surface area contributed by atoms with Crippen molar-refractivity contribution in [2.45, 2.75) is 13.3 Å². The summed E-state index contributed by atoms with van der Waals surface area (Å²) in [6.07, 6.45) is 2.78. The second-order valence-corrected chi connectivity index (χ2v) is 2.55. The Morgan fingerprint density at radius 1 is 1.67 bits per heavy atom. The highest BCUT2D eigenvalue weighted by atomic mass is 79.9. The molecule has 0 amide bonds. The van der Waals surface area contributed by atoms with Gasteiger partial charge in [-0.15, -0.1) is 5.10 Å². The molecule has 0 saturated heterocycles. The molecule has 0 spiro atoms. The fourth-order valence-corrected chi connectivity index (χ4v) is 0.956. The van der Waals surface area contributed by atoms with Crippen LogP contribution in [0.4, 0.5) is 0 Å². The van der Waals surface area contributed by atoms with E-state index in [1.165, 1.54) is 5.56 Å². The van der Waals surface area contributed by atoms with Gasteiger partial charge in [0.05, 0.1) is 6.20 Å². The summed E-state index contributed by atoms with van der Waals surface area (Å²) in [5.41, 5.74) is 1.21. The molecule has 0 saturated carbocycles. The van der Waals surface area contributed by atoms with Gasteiger partial charge in [-0.25, -0.2) is 0 Å². The predicted molar refractivity (Wildman–Crippen MR) is 39.1 cm³/mol. The van der Waals surface area contributed by atoms with Crippen LogP contribution in [0.25, 0.3) is 0 Å². The van der Waals surface area contributed by atoms with Crippen LogP contribution in [-0.2, 0) is 6.42 Å². The van der Waals surface area contributed by atoms with E-state index in [-0.39, 0.29) is 0 Å². The minimum atomic E-state index is 0.807. The number of halogens is 1. The van der Waals surface area contributed by atoms with E-state index >= 15 is 0 Å². The van der Waals surface area contributed by atoms with Crippen molar-refractivity contribution in [2.75, 3.05) is 0 Å². The van der Waals surface area contributed by atoms with Crippen molar-refractivity contribution in [1.82, 2.24) is 10.2 Å². The quantitative estimate of drug-likeness (QED) is 0.669. The molecule has 0 bridgehead atoms. The molecule has 0 atom stereocenters. The highest BCUT2D eigenvalue weighted by Crippen LogP contribution is 2.05. The molecular formula is C6H7BrN2. The zero-order valence-electron chi connectivity index (χ0n) is 5.13. The number of nitrogens with zero attached hydrogens (tertiary/aromatic N) is 2. The van der Waals surface area contributed by atoms with E-state index in [9.17, 15) is 0 Å². The van der Waals surface area contributed by atoms with Crippen molar-refractivity contribution >= 4 is 15.9 Å². The Labute approximate surface area is 62.4 Å². The maximum atomic E-state index is 3.76. The molecular weight excluding hydrogens is 180 g/mol. The lowest BCUT2D eigenvalue weighted by molar-refractivity contribution is 0.962. The fraction of sp³-hybridized carbons (Fsp3) is 0.333. The maximum Gasteiger partial charge on any atom is 0.129 e. The highest BCUT2D eigenvalue weighted by molar-refractivity contribution is 9.10. The first-order valence-corrected chi connectivity index (χ1v) is 3.59. The molecule has 0 aliphatic rings. The van der Waals surface area contributed by atoms with Gasteiger partial charge in [-0.2, -0.15) is 5.10 Å². The largest absolute Gasteiger partial charge is 0.158 e. The van der Waals surface area contributed by atoms with Gasteiger partial charge in [0.15, 0.2) is 0 Å². The normalized spacial score (nSPS) is 9.56. The van der Waals surface area contributed by atoms with Crippen LogP contribution in [-0.4, -0.2) is 10.2 Å². The summed E-state index contributed by atoms with van der Waals surface area (Å²) in [5.74, 6) is 0. The van der Waals surface area contributed by atoms with Crippen molar-refractivity contribution < 1.29 is 0 Å². The number of aryl methyl sites for hydroxylation is 1. The summed E-state index contributed by atoms with van der Waals surface area (Å²) < 4.78 is 0.807. The van der Waals surface area contributed by atoms with Gasteiger partial charge in [-0.05, 0) is 34.0 Å². The van der Waals surface area contributed by atoms with E-state index < -0.39 is 0 Å². The third-order valence-electron chi connectivity index (χ3n) is 1.09. The Balaban J connectivity index is 2.94. The molecule has 2 nitrogen and oxygen atoms in total. The van der Waals surface area contributed by atoms with E-state index in [2.05, 4.69) is 33.1 Å². The molecule has 0 fully saturated rings. The molecule has 1 rings (SSSR count). The summed E-state index contributed by atoms with van der Waals surface area (Å²) in [5, 5.41) is 7.51. The van der Waals surface area contributed by atoms with Gasteiger partial charge in [-0.3, -0.25) is 0 Å². The molecule has 3 heteroatoms. The van der Waals surface area contributed by atoms with Crippen molar-refractivity contribution in [3.8, 4) is 0 Å². The van der Waals surface area contributed by atoms with Crippen LogP contribution in [0.1, 0.15) is 12.5 Å². The van der Waals surface area contributed by atoms with E-state index in [0.29, 0.717) is 0 Å². The molecule has 0 aliphatic carbocycles. The number of hydrogen-bond acceptors (Lipinski definition) is 2. The van der Waals surface area contributed by atoms with Crippen LogP contribution < -0.4 is 0 Å². The third kappa shape index (κ3) is 1.75. The average molecular weight is 187 g/mol. The number of hydrogen-bond donors (Lipinski definition) is 0. The molecule has 1 aromatic heterocycles. The van der Waals surface area contributed by atoms with Crippen LogP contribution in [0.15, 0.2) is 16.9 Å². The van der Waals surface area contributed by atoms with Crippen molar-refractivity contribution in [3.63, 3.8) is 0 Å². The van der Waals surface area contributed by atoms with E-state index in [0.717, 1.165) is 11.0 Å². The van der Waals surface area contributed by atoms with Gasteiger partial charge in [0, 0.05) is 0 Å². The SMILES string of the molecule is CCc1cnnc(Br)c1. The molecule has 1 aromatic rings. The summed E-state index contributed by atoms with van der Waals surface area (Å²) >= 11 is 3.23. The Morgan fingerprint density at radius 3 is 2.89 bits per heavy atom. The molecule has 0 unspecified atom stereocenters. The van der Waals surface area contributed by atoms with Gasteiger partial charge in [0.2, 0.25) is 0 Å². The summed E-state index contributed by atoms with van der Waals surface area (Å²) in [6, 6.07) is 1.97. The second kappa shape index (κ2) is 2.92. The molecule has 0 radical (unpaired) electrons. The van der Waals surface area contributed by atoms with Gasteiger partial charge < -0.3 is 0 Å². The lowest BCUT2D eigenvalue weighted by Crippen LogP contribution is -1.85. The molecule has 0 N–H and O–H groups in total. The third-order valence-corrected chi connectivity index (χ3v) is 1.48. The highest BCUT2D eigenvalue weighted by Gasteiger charge is 1.89. The lowest BCUT2D eigenvalue weighted by Gasteiger charge is -1.91. The van der Waals surface area contributed by atoms with Crippen molar-refractivity contribution in [2.24, 2.45) is 0 Å². The van der Waals surface area contributed by atoms with Gasteiger partial charge >= 0.3 is 0 Å². The van der Waals surface area contributed by atoms with Crippen LogP contribution in [0, 0.1) is 0 Å². The fourth-order valence-electron chi connectivity index (χ4n) is 0.571. The monoisotopic (exact) mass is 186 g/mol. The molecule has 0 aliphatic heterocycles. The van der Waals surface area contributed by atoms with Crippen molar-refractivity contribution in [1.29, 1.82) is 0 Å². The number of aromatic nitrogens is 2. The predicted octanol–water partition coefficient (Wildman–Crippen LogP) is 1.80. The smallest absolute Gasteiger partial charge is 0.129 e. The topological polar surface area (TPSA) is 25.8 Å². The van der Waals surface area contributed by atoms with E-state index in [1.54, 1.807) is 6.20 Å². The van der Waals surface area contributed by atoms with E-state index in [4.69, 9.17) is 0 Å². The summed E-state index contributed by atoms with van der Waals surface area (Å²) in [4.78, 5) is 0. The Bertz CT molecular complexity index is 200. The molecule has 0 aromatic carbocycles. The van der Waals surface area contributed by atoms with Crippen LogP contribution >= 0.6 is 15.9 Å². The Kier molecular flexibility index (Phi) is 2.16. The Hall–Kier alpha value is -0.440. The first-order valence-electron chi connectivity index (χ1n) is 2.80. The average Bonchev–Trinajstić information content (AvgIpc) is 1.88. The Morgan fingerprint density at radius 2 is 2.44 bits per heavy atom. The zero-order chi connectivity index (χ0) is 6.69.